The molecule has 0 aliphatic rings. The van der Waals surface area contributed by atoms with Crippen LogP contribution in [-0.4, -0.2) is 18.3 Å². The molecule has 1 unspecified atom stereocenters. The maximum Gasteiger partial charge on any atom is 0.119 e. The molecule has 1 aromatic carbocycles. The number of rotatable bonds is 6. The van der Waals surface area contributed by atoms with Crippen molar-refractivity contribution < 1.29 is 9.84 Å². The van der Waals surface area contributed by atoms with Gasteiger partial charge in [0.25, 0.3) is 0 Å². The SMILES string of the molecule is CCCc1cc(OCC)cc(C(C)CO)c1. The summed E-state index contributed by atoms with van der Waals surface area (Å²) in [7, 11) is 0. The summed E-state index contributed by atoms with van der Waals surface area (Å²) in [5.41, 5.74) is 2.46. The molecule has 0 spiro atoms. The molecule has 16 heavy (non-hydrogen) atoms. The first-order valence-electron chi connectivity index (χ1n) is 6.08. The predicted octanol–water partition coefficient (Wildman–Crippen LogP) is 3.13. The lowest BCUT2D eigenvalue weighted by Gasteiger charge is -2.13. The number of aliphatic hydroxyl groups excluding tert-OH is 1. The summed E-state index contributed by atoms with van der Waals surface area (Å²) in [6.45, 7) is 7.05. The molecule has 0 aromatic heterocycles. The Balaban J connectivity index is 2.97. The van der Waals surface area contributed by atoms with E-state index in [-0.39, 0.29) is 12.5 Å². The summed E-state index contributed by atoms with van der Waals surface area (Å²) in [6.07, 6.45) is 2.19. The average Bonchev–Trinajstić information content (AvgIpc) is 2.28. The third-order valence-electron chi connectivity index (χ3n) is 2.68. The van der Waals surface area contributed by atoms with Gasteiger partial charge in [-0.15, -0.1) is 0 Å². The van der Waals surface area contributed by atoms with Crippen LogP contribution in [0.4, 0.5) is 0 Å². The van der Waals surface area contributed by atoms with Gasteiger partial charge in [0.1, 0.15) is 5.75 Å². The maximum absolute atomic E-state index is 9.19. The number of aryl methyl sites for hydroxylation is 1. The molecule has 0 saturated carbocycles. The van der Waals surface area contributed by atoms with Crippen LogP contribution in [0.15, 0.2) is 18.2 Å². The fraction of sp³-hybridized carbons (Fsp3) is 0.571. The summed E-state index contributed by atoms with van der Waals surface area (Å²) >= 11 is 0. The molecule has 0 heterocycles. The zero-order valence-corrected chi connectivity index (χ0v) is 10.5. The quantitative estimate of drug-likeness (QED) is 0.801. The first kappa shape index (κ1) is 13.0. The molecule has 0 radical (unpaired) electrons. The molecule has 1 atom stereocenters. The number of ether oxygens (including phenoxy) is 1. The van der Waals surface area contributed by atoms with Gasteiger partial charge in [-0.25, -0.2) is 0 Å². The lowest BCUT2D eigenvalue weighted by Crippen LogP contribution is -2.02. The first-order chi connectivity index (χ1) is 7.71. The first-order valence-corrected chi connectivity index (χ1v) is 6.08. The molecular weight excluding hydrogens is 200 g/mol. The number of aliphatic hydroxyl groups is 1. The van der Waals surface area contributed by atoms with Crippen LogP contribution in [0, 0.1) is 0 Å². The maximum atomic E-state index is 9.19. The van der Waals surface area contributed by atoms with Crippen LogP contribution in [0.5, 0.6) is 5.75 Å². The predicted molar refractivity (Wildman–Crippen MR) is 67.1 cm³/mol. The minimum atomic E-state index is 0.177. The van der Waals surface area contributed by atoms with E-state index in [9.17, 15) is 5.11 Å². The second kappa shape index (κ2) is 6.54. The molecule has 1 rings (SSSR count). The van der Waals surface area contributed by atoms with Crippen molar-refractivity contribution in [3.63, 3.8) is 0 Å². The monoisotopic (exact) mass is 222 g/mol. The highest BCUT2D eigenvalue weighted by molar-refractivity contribution is 5.36. The van der Waals surface area contributed by atoms with Crippen molar-refractivity contribution in [2.45, 2.75) is 39.5 Å². The standard InChI is InChI=1S/C14H22O2/c1-4-6-12-7-13(11(3)10-15)9-14(8-12)16-5-2/h7-9,11,15H,4-6,10H2,1-3H3. The van der Waals surface area contributed by atoms with Crippen molar-refractivity contribution in [2.75, 3.05) is 13.2 Å². The Morgan fingerprint density at radius 2 is 2.00 bits per heavy atom. The topological polar surface area (TPSA) is 29.5 Å². The van der Waals surface area contributed by atoms with E-state index in [0.29, 0.717) is 6.61 Å². The van der Waals surface area contributed by atoms with Crippen molar-refractivity contribution >= 4 is 0 Å². The highest BCUT2D eigenvalue weighted by Gasteiger charge is 2.07. The molecular formula is C14H22O2. The smallest absolute Gasteiger partial charge is 0.119 e. The van der Waals surface area contributed by atoms with E-state index in [2.05, 4.69) is 19.1 Å². The van der Waals surface area contributed by atoms with Crippen LogP contribution in [0.25, 0.3) is 0 Å². The van der Waals surface area contributed by atoms with Crippen LogP contribution in [0.1, 0.15) is 44.2 Å². The van der Waals surface area contributed by atoms with E-state index in [1.54, 1.807) is 0 Å². The van der Waals surface area contributed by atoms with Gasteiger partial charge >= 0.3 is 0 Å². The molecule has 0 fully saturated rings. The zero-order chi connectivity index (χ0) is 12.0. The van der Waals surface area contributed by atoms with Gasteiger partial charge in [-0.2, -0.15) is 0 Å². The van der Waals surface area contributed by atoms with E-state index < -0.39 is 0 Å². The molecule has 90 valence electrons. The fourth-order valence-electron chi connectivity index (χ4n) is 1.76. The Bertz CT molecular complexity index is 296. The average molecular weight is 222 g/mol. The molecule has 1 N–H and O–H groups in total. The lowest BCUT2D eigenvalue weighted by molar-refractivity contribution is 0.272. The minimum absolute atomic E-state index is 0.177. The molecule has 0 aliphatic carbocycles. The third kappa shape index (κ3) is 3.53. The van der Waals surface area contributed by atoms with Crippen molar-refractivity contribution in [1.82, 2.24) is 0 Å². The van der Waals surface area contributed by atoms with E-state index in [1.165, 1.54) is 5.56 Å². The van der Waals surface area contributed by atoms with Gasteiger partial charge in [0.05, 0.1) is 6.61 Å². The number of hydrogen-bond donors (Lipinski definition) is 1. The van der Waals surface area contributed by atoms with Gasteiger partial charge in [-0.05, 0) is 36.6 Å². The second-order valence-electron chi connectivity index (χ2n) is 4.18. The van der Waals surface area contributed by atoms with E-state index >= 15 is 0 Å². The third-order valence-corrected chi connectivity index (χ3v) is 2.68. The van der Waals surface area contributed by atoms with Crippen molar-refractivity contribution in [2.24, 2.45) is 0 Å². The summed E-state index contributed by atoms with van der Waals surface area (Å²) in [5, 5.41) is 9.19. The van der Waals surface area contributed by atoms with Crippen molar-refractivity contribution in [1.29, 1.82) is 0 Å². The number of benzene rings is 1. The molecule has 0 amide bonds. The molecule has 2 nitrogen and oxygen atoms in total. The van der Waals surface area contributed by atoms with Gasteiger partial charge in [0.15, 0.2) is 0 Å². The van der Waals surface area contributed by atoms with Crippen LogP contribution >= 0.6 is 0 Å². The summed E-state index contributed by atoms with van der Waals surface area (Å²) in [5.74, 6) is 1.10. The Morgan fingerprint density at radius 3 is 2.56 bits per heavy atom. The highest BCUT2D eigenvalue weighted by Crippen LogP contribution is 2.24. The lowest BCUT2D eigenvalue weighted by atomic mass is 9.98. The zero-order valence-electron chi connectivity index (χ0n) is 10.5. The summed E-state index contributed by atoms with van der Waals surface area (Å²) in [4.78, 5) is 0. The van der Waals surface area contributed by atoms with Crippen LogP contribution in [0.3, 0.4) is 0 Å². The normalized spacial score (nSPS) is 12.5. The Kier molecular flexibility index (Phi) is 5.33. The fourth-order valence-corrected chi connectivity index (χ4v) is 1.76. The van der Waals surface area contributed by atoms with Crippen molar-refractivity contribution in [3.8, 4) is 5.75 Å². The van der Waals surface area contributed by atoms with Crippen LogP contribution in [-0.2, 0) is 6.42 Å². The molecule has 2 heteroatoms. The summed E-state index contributed by atoms with van der Waals surface area (Å²) < 4.78 is 5.55. The Hall–Kier alpha value is -1.02. The second-order valence-corrected chi connectivity index (χ2v) is 4.18. The van der Waals surface area contributed by atoms with Gasteiger partial charge in [0.2, 0.25) is 0 Å². The van der Waals surface area contributed by atoms with E-state index in [0.717, 1.165) is 24.2 Å². The molecule has 0 aliphatic heterocycles. The van der Waals surface area contributed by atoms with E-state index in [4.69, 9.17) is 4.74 Å². The summed E-state index contributed by atoms with van der Waals surface area (Å²) in [6, 6.07) is 6.30. The van der Waals surface area contributed by atoms with Crippen molar-refractivity contribution in [3.05, 3.63) is 29.3 Å². The van der Waals surface area contributed by atoms with Gasteiger partial charge in [-0.1, -0.05) is 26.3 Å². The number of hydrogen-bond acceptors (Lipinski definition) is 2. The largest absolute Gasteiger partial charge is 0.494 e. The van der Waals surface area contributed by atoms with Gasteiger partial charge in [0, 0.05) is 12.5 Å². The highest BCUT2D eigenvalue weighted by atomic mass is 16.5. The molecule has 1 aromatic rings. The Labute approximate surface area is 98.3 Å². The van der Waals surface area contributed by atoms with E-state index in [1.807, 2.05) is 19.9 Å². The van der Waals surface area contributed by atoms with Crippen LogP contribution < -0.4 is 4.74 Å². The van der Waals surface area contributed by atoms with Gasteiger partial charge in [-0.3, -0.25) is 0 Å². The Morgan fingerprint density at radius 1 is 1.25 bits per heavy atom. The van der Waals surface area contributed by atoms with Crippen LogP contribution in [0.2, 0.25) is 0 Å². The molecule has 0 saturated heterocycles. The van der Waals surface area contributed by atoms with Gasteiger partial charge < -0.3 is 9.84 Å². The molecule has 0 bridgehead atoms. The minimum Gasteiger partial charge on any atom is -0.494 e.